The van der Waals surface area contributed by atoms with Crippen molar-refractivity contribution in [2.75, 3.05) is 13.1 Å². The molecule has 0 radical (unpaired) electrons. The number of piperazine rings is 1. The van der Waals surface area contributed by atoms with Crippen LogP contribution in [0.25, 0.3) is 0 Å². The van der Waals surface area contributed by atoms with E-state index in [1.165, 1.54) is 4.90 Å². The predicted molar refractivity (Wildman–Crippen MR) is 63.9 cm³/mol. The molecule has 0 spiro atoms. The van der Waals surface area contributed by atoms with Crippen LogP contribution < -0.4 is 11.1 Å². The van der Waals surface area contributed by atoms with E-state index in [9.17, 15) is 9.59 Å². The Bertz CT molecular complexity index is 426. The van der Waals surface area contributed by atoms with Gasteiger partial charge in [0.25, 0.3) is 0 Å². The van der Waals surface area contributed by atoms with Gasteiger partial charge in [0, 0.05) is 13.1 Å². The molecule has 1 saturated heterocycles. The van der Waals surface area contributed by atoms with Crippen molar-refractivity contribution in [3.05, 3.63) is 0 Å². The van der Waals surface area contributed by atoms with Gasteiger partial charge in [-0.05, 0) is 26.7 Å². The van der Waals surface area contributed by atoms with Gasteiger partial charge in [-0.15, -0.1) is 0 Å². The lowest BCUT2D eigenvalue weighted by Crippen LogP contribution is -2.65. The summed E-state index contributed by atoms with van der Waals surface area (Å²) in [7, 11) is 0. The van der Waals surface area contributed by atoms with Crippen LogP contribution in [-0.2, 0) is 9.59 Å². The highest BCUT2D eigenvalue weighted by Gasteiger charge is 2.58. The van der Waals surface area contributed by atoms with Gasteiger partial charge in [0.2, 0.25) is 11.8 Å². The van der Waals surface area contributed by atoms with Crippen LogP contribution in [0.1, 0.15) is 26.7 Å². The van der Waals surface area contributed by atoms with E-state index in [0.717, 1.165) is 0 Å². The number of rotatable bonds is 2. The standard InChI is InChI=1S/C11H18N4O3/c1-10(2)8(16)13-5-6-15(10)9(17)11(3-4-11)7(12)14-18/h18H,3-6H2,1-2H3,(H2,12,14)(H,13,16). The largest absolute Gasteiger partial charge is 0.409 e. The van der Waals surface area contributed by atoms with Crippen molar-refractivity contribution >= 4 is 17.6 Å². The molecule has 7 heteroatoms. The van der Waals surface area contributed by atoms with E-state index < -0.39 is 11.0 Å². The van der Waals surface area contributed by atoms with E-state index in [4.69, 9.17) is 10.9 Å². The van der Waals surface area contributed by atoms with Crippen LogP contribution in [0.3, 0.4) is 0 Å². The topological polar surface area (TPSA) is 108 Å². The van der Waals surface area contributed by atoms with Gasteiger partial charge in [0.15, 0.2) is 5.84 Å². The van der Waals surface area contributed by atoms with Gasteiger partial charge in [-0.1, -0.05) is 5.16 Å². The molecule has 7 nitrogen and oxygen atoms in total. The molecule has 0 bridgehead atoms. The second-order valence-corrected chi connectivity index (χ2v) is 5.34. The van der Waals surface area contributed by atoms with E-state index in [1.807, 2.05) is 0 Å². The van der Waals surface area contributed by atoms with Gasteiger partial charge in [0.05, 0.1) is 0 Å². The zero-order chi connectivity index (χ0) is 13.6. The summed E-state index contributed by atoms with van der Waals surface area (Å²) in [4.78, 5) is 25.8. The third-order valence-corrected chi connectivity index (χ3v) is 3.85. The number of carbonyl (C=O) groups is 2. The van der Waals surface area contributed by atoms with Crippen molar-refractivity contribution in [1.29, 1.82) is 0 Å². The lowest BCUT2D eigenvalue weighted by Gasteiger charge is -2.42. The number of oxime groups is 1. The minimum absolute atomic E-state index is 0.0609. The fourth-order valence-electron chi connectivity index (χ4n) is 2.31. The Labute approximate surface area is 105 Å². The van der Waals surface area contributed by atoms with E-state index in [-0.39, 0.29) is 17.6 Å². The maximum absolute atomic E-state index is 12.5. The molecule has 18 heavy (non-hydrogen) atoms. The Morgan fingerprint density at radius 2 is 2.11 bits per heavy atom. The van der Waals surface area contributed by atoms with Crippen molar-refractivity contribution in [2.24, 2.45) is 16.3 Å². The molecule has 0 aromatic heterocycles. The van der Waals surface area contributed by atoms with Crippen molar-refractivity contribution in [2.45, 2.75) is 32.2 Å². The molecule has 0 unspecified atom stereocenters. The molecule has 1 heterocycles. The SMILES string of the molecule is CC1(C)C(=O)NCCN1C(=O)C1(C(N)=NO)CC1. The Kier molecular flexibility index (Phi) is 2.71. The summed E-state index contributed by atoms with van der Waals surface area (Å²) in [5.74, 6) is -0.468. The highest BCUT2D eigenvalue weighted by molar-refractivity contribution is 6.10. The van der Waals surface area contributed by atoms with Crippen LogP contribution in [-0.4, -0.2) is 46.4 Å². The number of hydrogen-bond donors (Lipinski definition) is 3. The lowest BCUT2D eigenvalue weighted by atomic mass is 9.94. The minimum atomic E-state index is -0.902. The summed E-state index contributed by atoms with van der Waals surface area (Å²) < 4.78 is 0. The first-order valence-electron chi connectivity index (χ1n) is 5.94. The van der Waals surface area contributed by atoms with E-state index in [2.05, 4.69) is 10.5 Å². The van der Waals surface area contributed by atoms with Crippen LogP contribution in [0.2, 0.25) is 0 Å². The van der Waals surface area contributed by atoms with Gasteiger partial charge in [-0.3, -0.25) is 9.59 Å². The molecule has 2 fully saturated rings. The van der Waals surface area contributed by atoms with Crippen LogP contribution in [0.15, 0.2) is 5.16 Å². The first-order chi connectivity index (χ1) is 8.36. The fraction of sp³-hybridized carbons (Fsp3) is 0.727. The van der Waals surface area contributed by atoms with Gasteiger partial charge < -0.3 is 21.2 Å². The molecule has 2 amide bonds. The maximum Gasteiger partial charge on any atom is 0.245 e. The second kappa shape index (κ2) is 3.86. The molecular formula is C11H18N4O3. The molecule has 2 rings (SSSR count). The Balaban J connectivity index is 2.27. The first-order valence-corrected chi connectivity index (χ1v) is 5.94. The molecule has 1 aliphatic carbocycles. The zero-order valence-corrected chi connectivity index (χ0v) is 10.6. The summed E-state index contributed by atoms with van der Waals surface area (Å²) in [6.45, 7) is 4.27. The Morgan fingerprint density at radius 1 is 1.50 bits per heavy atom. The Morgan fingerprint density at radius 3 is 2.61 bits per heavy atom. The number of nitrogens with two attached hydrogens (primary N) is 1. The smallest absolute Gasteiger partial charge is 0.245 e. The van der Waals surface area contributed by atoms with E-state index >= 15 is 0 Å². The highest BCUT2D eigenvalue weighted by atomic mass is 16.4. The zero-order valence-electron chi connectivity index (χ0n) is 10.6. The summed E-state index contributed by atoms with van der Waals surface area (Å²) in [5, 5.41) is 14.4. The normalized spacial score (nSPS) is 25.6. The summed E-state index contributed by atoms with van der Waals surface area (Å²) >= 11 is 0. The summed E-state index contributed by atoms with van der Waals surface area (Å²) in [6.07, 6.45) is 1.13. The number of amides is 2. The number of carbonyl (C=O) groups excluding carboxylic acids is 2. The van der Waals surface area contributed by atoms with Gasteiger partial charge in [-0.2, -0.15) is 0 Å². The summed E-state index contributed by atoms with van der Waals surface area (Å²) in [6, 6.07) is 0. The lowest BCUT2D eigenvalue weighted by molar-refractivity contribution is -0.151. The molecule has 2 aliphatic rings. The number of hydrogen-bond acceptors (Lipinski definition) is 4. The minimum Gasteiger partial charge on any atom is -0.409 e. The van der Waals surface area contributed by atoms with Crippen LogP contribution in [0, 0.1) is 5.41 Å². The first kappa shape index (κ1) is 12.7. The average Bonchev–Trinajstić information content (AvgIpc) is 3.12. The van der Waals surface area contributed by atoms with Crippen LogP contribution in [0.5, 0.6) is 0 Å². The van der Waals surface area contributed by atoms with Gasteiger partial charge >= 0.3 is 0 Å². The molecule has 0 atom stereocenters. The molecule has 0 aromatic rings. The highest BCUT2D eigenvalue weighted by Crippen LogP contribution is 2.48. The van der Waals surface area contributed by atoms with Gasteiger partial charge in [-0.25, -0.2) is 0 Å². The average molecular weight is 254 g/mol. The summed E-state index contributed by atoms with van der Waals surface area (Å²) in [5.41, 5.74) is 3.79. The fourth-order valence-corrected chi connectivity index (χ4v) is 2.31. The quantitative estimate of drug-likeness (QED) is 0.261. The molecule has 0 aromatic carbocycles. The molecule has 1 saturated carbocycles. The molecule has 1 aliphatic heterocycles. The van der Waals surface area contributed by atoms with Gasteiger partial charge in [0.1, 0.15) is 11.0 Å². The van der Waals surface area contributed by atoms with Crippen molar-refractivity contribution in [3.8, 4) is 0 Å². The van der Waals surface area contributed by atoms with Crippen molar-refractivity contribution < 1.29 is 14.8 Å². The number of nitrogens with zero attached hydrogens (tertiary/aromatic N) is 2. The van der Waals surface area contributed by atoms with E-state index in [1.54, 1.807) is 13.8 Å². The van der Waals surface area contributed by atoms with E-state index in [0.29, 0.717) is 25.9 Å². The monoisotopic (exact) mass is 254 g/mol. The maximum atomic E-state index is 12.5. The van der Waals surface area contributed by atoms with Crippen molar-refractivity contribution in [3.63, 3.8) is 0 Å². The van der Waals surface area contributed by atoms with Crippen molar-refractivity contribution in [1.82, 2.24) is 10.2 Å². The van der Waals surface area contributed by atoms with Crippen LogP contribution in [0.4, 0.5) is 0 Å². The number of amidine groups is 1. The third kappa shape index (κ3) is 1.61. The number of nitrogens with one attached hydrogen (secondary N) is 1. The Hall–Kier alpha value is -1.79. The molecule has 4 N–H and O–H groups in total. The van der Waals surface area contributed by atoms with Crippen LogP contribution >= 0.6 is 0 Å². The molecular weight excluding hydrogens is 236 g/mol. The molecule has 100 valence electrons. The second-order valence-electron chi connectivity index (χ2n) is 5.34. The third-order valence-electron chi connectivity index (χ3n) is 3.85. The predicted octanol–water partition coefficient (Wildman–Crippen LogP) is -0.750.